The van der Waals surface area contributed by atoms with Crippen molar-refractivity contribution in [1.29, 1.82) is 0 Å². The summed E-state index contributed by atoms with van der Waals surface area (Å²) in [5.41, 5.74) is 0.969. The summed E-state index contributed by atoms with van der Waals surface area (Å²) >= 11 is 1.66. The second kappa shape index (κ2) is 5.38. The van der Waals surface area contributed by atoms with E-state index in [9.17, 15) is 5.11 Å². The summed E-state index contributed by atoms with van der Waals surface area (Å²) in [5, 5.41) is 11.2. The minimum absolute atomic E-state index is 0.420. The van der Waals surface area contributed by atoms with Crippen molar-refractivity contribution in [2.75, 3.05) is 5.75 Å². The Bertz CT molecular complexity index is 462. The highest BCUT2D eigenvalue weighted by Crippen LogP contribution is 2.22. The number of hydrogen-bond acceptors (Lipinski definition) is 2. The van der Waals surface area contributed by atoms with Gasteiger partial charge in [0.15, 0.2) is 0 Å². The van der Waals surface area contributed by atoms with Crippen molar-refractivity contribution in [3.05, 3.63) is 48.3 Å². The van der Waals surface area contributed by atoms with Gasteiger partial charge in [0.2, 0.25) is 0 Å². The standard InChI is InChI=1S/C13H17N2OS/c1-14-8-9-15(2)13(14)17-10-12(16)11-6-4-3-5-7-11/h3-9,12,16H,10H2,1-2H3/q+1. The number of aliphatic hydroxyl groups excluding tert-OH is 1. The van der Waals surface area contributed by atoms with Crippen LogP contribution in [0.5, 0.6) is 0 Å². The van der Waals surface area contributed by atoms with Crippen molar-refractivity contribution >= 4 is 11.8 Å². The van der Waals surface area contributed by atoms with Crippen molar-refractivity contribution in [1.82, 2.24) is 4.57 Å². The van der Waals surface area contributed by atoms with E-state index in [1.807, 2.05) is 56.8 Å². The van der Waals surface area contributed by atoms with Gasteiger partial charge in [-0.2, -0.15) is 0 Å². The Morgan fingerprint density at radius 3 is 2.65 bits per heavy atom. The summed E-state index contributed by atoms with van der Waals surface area (Å²) in [6.45, 7) is 0. The molecule has 0 aliphatic carbocycles. The van der Waals surface area contributed by atoms with Gasteiger partial charge >= 0.3 is 5.16 Å². The fourth-order valence-electron chi connectivity index (χ4n) is 1.70. The molecule has 0 fully saturated rings. The number of aliphatic hydroxyl groups is 1. The molecule has 1 heterocycles. The van der Waals surface area contributed by atoms with E-state index in [1.54, 1.807) is 11.8 Å². The number of aryl methyl sites for hydroxylation is 2. The molecule has 90 valence electrons. The zero-order valence-corrected chi connectivity index (χ0v) is 10.9. The van der Waals surface area contributed by atoms with Crippen LogP contribution in [0.2, 0.25) is 0 Å². The van der Waals surface area contributed by atoms with Crippen LogP contribution in [0.1, 0.15) is 11.7 Å². The molecule has 1 atom stereocenters. The Morgan fingerprint density at radius 2 is 2.06 bits per heavy atom. The molecule has 0 saturated heterocycles. The lowest BCUT2D eigenvalue weighted by atomic mass is 10.1. The van der Waals surface area contributed by atoms with Crippen molar-refractivity contribution in [2.24, 2.45) is 14.1 Å². The average molecular weight is 249 g/mol. The molecule has 0 aliphatic rings. The van der Waals surface area contributed by atoms with Crippen LogP contribution >= 0.6 is 11.8 Å². The van der Waals surface area contributed by atoms with Crippen molar-refractivity contribution in [2.45, 2.75) is 11.3 Å². The van der Waals surface area contributed by atoms with Gasteiger partial charge in [-0.05, 0) is 17.3 Å². The first-order valence-electron chi connectivity index (χ1n) is 5.55. The fourth-order valence-corrected chi connectivity index (χ4v) is 2.73. The van der Waals surface area contributed by atoms with Gasteiger partial charge in [-0.1, -0.05) is 30.3 Å². The molecule has 2 rings (SSSR count). The van der Waals surface area contributed by atoms with Crippen molar-refractivity contribution in [3.8, 4) is 0 Å². The number of imidazole rings is 1. The molecule has 1 aromatic carbocycles. The zero-order valence-electron chi connectivity index (χ0n) is 10.1. The summed E-state index contributed by atoms with van der Waals surface area (Å²) in [4.78, 5) is 0. The van der Waals surface area contributed by atoms with E-state index in [0.29, 0.717) is 5.75 Å². The maximum atomic E-state index is 10.1. The molecule has 1 aromatic heterocycles. The van der Waals surface area contributed by atoms with E-state index in [4.69, 9.17) is 0 Å². The Hall–Kier alpha value is -1.26. The second-order valence-corrected chi connectivity index (χ2v) is 5.03. The summed E-state index contributed by atoms with van der Waals surface area (Å²) in [5.74, 6) is 0.662. The van der Waals surface area contributed by atoms with Gasteiger partial charge in [-0.15, -0.1) is 0 Å². The molecule has 3 nitrogen and oxygen atoms in total. The van der Waals surface area contributed by atoms with Gasteiger partial charge in [-0.3, -0.25) is 0 Å². The highest BCUT2D eigenvalue weighted by Gasteiger charge is 2.15. The zero-order chi connectivity index (χ0) is 12.3. The van der Waals surface area contributed by atoms with Gasteiger partial charge in [0.05, 0.1) is 20.2 Å². The van der Waals surface area contributed by atoms with Gasteiger partial charge in [0, 0.05) is 5.75 Å². The monoisotopic (exact) mass is 249 g/mol. The van der Waals surface area contributed by atoms with Crippen LogP contribution in [0.15, 0.2) is 47.9 Å². The van der Waals surface area contributed by atoms with E-state index < -0.39 is 6.10 Å². The molecule has 0 amide bonds. The predicted octanol–water partition coefficient (Wildman–Crippen LogP) is 1.68. The number of nitrogens with zero attached hydrogens (tertiary/aromatic N) is 2. The van der Waals surface area contributed by atoms with Crippen LogP contribution < -0.4 is 4.57 Å². The Balaban J connectivity index is 1.99. The van der Waals surface area contributed by atoms with Crippen molar-refractivity contribution < 1.29 is 9.67 Å². The molecule has 0 bridgehead atoms. The summed E-state index contributed by atoms with van der Waals surface area (Å²) in [6, 6.07) is 9.77. The van der Waals surface area contributed by atoms with Crippen LogP contribution in [-0.2, 0) is 14.1 Å². The number of benzene rings is 1. The Morgan fingerprint density at radius 1 is 1.35 bits per heavy atom. The van der Waals surface area contributed by atoms with E-state index >= 15 is 0 Å². The quantitative estimate of drug-likeness (QED) is 0.660. The molecule has 0 spiro atoms. The van der Waals surface area contributed by atoms with Gasteiger partial charge in [0.1, 0.15) is 12.4 Å². The summed E-state index contributed by atoms with van der Waals surface area (Å²) < 4.78 is 4.12. The van der Waals surface area contributed by atoms with E-state index in [0.717, 1.165) is 10.7 Å². The van der Waals surface area contributed by atoms with E-state index in [-0.39, 0.29) is 0 Å². The first-order chi connectivity index (χ1) is 8.18. The fraction of sp³-hybridized carbons (Fsp3) is 0.308. The first kappa shape index (κ1) is 12.2. The first-order valence-corrected chi connectivity index (χ1v) is 6.54. The van der Waals surface area contributed by atoms with Crippen molar-refractivity contribution in [3.63, 3.8) is 0 Å². The third-order valence-corrected chi connectivity index (χ3v) is 3.99. The lowest BCUT2D eigenvalue weighted by molar-refractivity contribution is -0.709. The molecule has 17 heavy (non-hydrogen) atoms. The van der Waals surface area contributed by atoms with Gasteiger partial charge in [0.25, 0.3) is 0 Å². The van der Waals surface area contributed by atoms with Gasteiger partial charge < -0.3 is 5.11 Å². The van der Waals surface area contributed by atoms with E-state index in [2.05, 4.69) is 9.13 Å². The Kier molecular flexibility index (Phi) is 3.86. The molecule has 0 saturated carbocycles. The molecule has 0 radical (unpaired) electrons. The summed E-state index contributed by atoms with van der Waals surface area (Å²) in [6.07, 6.45) is 3.60. The average Bonchev–Trinajstić information content (AvgIpc) is 2.67. The number of hydrogen-bond donors (Lipinski definition) is 1. The van der Waals surface area contributed by atoms with E-state index in [1.165, 1.54) is 0 Å². The van der Waals surface area contributed by atoms with Crippen LogP contribution in [0.4, 0.5) is 0 Å². The number of rotatable bonds is 4. The largest absolute Gasteiger partial charge is 0.388 e. The third kappa shape index (κ3) is 2.90. The second-order valence-electron chi connectivity index (χ2n) is 4.04. The smallest absolute Gasteiger partial charge is 0.317 e. The molecule has 4 heteroatoms. The Labute approximate surface area is 106 Å². The molecule has 1 unspecified atom stereocenters. The minimum atomic E-state index is -0.420. The topological polar surface area (TPSA) is 29.0 Å². The highest BCUT2D eigenvalue weighted by atomic mass is 32.2. The van der Waals surface area contributed by atoms with Crippen LogP contribution in [0.25, 0.3) is 0 Å². The summed E-state index contributed by atoms with van der Waals surface area (Å²) in [7, 11) is 4.02. The minimum Gasteiger partial charge on any atom is -0.388 e. The van der Waals surface area contributed by atoms with Crippen LogP contribution in [0, 0.1) is 0 Å². The van der Waals surface area contributed by atoms with Gasteiger partial charge in [-0.25, -0.2) is 9.13 Å². The molecule has 1 N–H and O–H groups in total. The SMILES string of the molecule is Cn1cc[n+](C)c1SCC(O)c1ccccc1. The lowest BCUT2D eigenvalue weighted by Gasteiger charge is -2.08. The molecular formula is C13H17N2OS+. The van der Waals surface area contributed by atoms with Crippen LogP contribution in [0.3, 0.4) is 0 Å². The maximum Gasteiger partial charge on any atom is 0.317 e. The lowest BCUT2D eigenvalue weighted by Crippen LogP contribution is -2.28. The number of thioether (sulfide) groups is 1. The highest BCUT2D eigenvalue weighted by molar-refractivity contribution is 7.99. The molecule has 0 aliphatic heterocycles. The number of aromatic nitrogens is 2. The maximum absolute atomic E-state index is 10.1. The molecule has 2 aromatic rings. The normalized spacial score (nSPS) is 12.6. The predicted molar refractivity (Wildman–Crippen MR) is 68.7 cm³/mol. The van der Waals surface area contributed by atoms with Crippen LogP contribution in [-0.4, -0.2) is 15.4 Å². The third-order valence-electron chi connectivity index (χ3n) is 2.67. The molecular weight excluding hydrogens is 232 g/mol.